The quantitative estimate of drug-likeness (QED) is 0.828. The van der Waals surface area contributed by atoms with Crippen molar-refractivity contribution in [2.45, 2.75) is 38.3 Å². The number of carbonyl (C=O) groups is 2. The first-order valence-corrected chi connectivity index (χ1v) is 8.75. The maximum atomic E-state index is 12.7. The van der Waals surface area contributed by atoms with Crippen molar-refractivity contribution in [1.29, 1.82) is 0 Å². The van der Waals surface area contributed by atoms with Gasteiger partial charge in [0, 0.05) is 13.2 Å². The molecule has 0 unspecified atom stereocenters. The van der Waals surface area contributed by atoms with Gasteiger partial charge >= 0.3 is 5.97 Å². The summed E-state index contributed by atoms with van der Waals surface area (Å²) in [5, 5.41) is 16.4. The van der Waals surface area contributed by atoms with Gasteiger partial charge in [-0.05, 0) is 37.8 Å². The van der Waals surface area contributed by atoms with E-state index in [9.17, 15) is 9.59 Å². The molecule has 1 aromatic heterocycles. The van der Waals surface area contributed by atoms with Gasteiger partial charge in [-0.15, -0.1) is 0 Å². The Labute approximate surface area is 152 Å². The van der Waals surface area contributed by atoms with E-state index in [1.807, 2.05) is 30.3 Å². The lowest BCUT2D eigenvalue weighted by molar-refractivity contribution is -0.142. The molecule has 3 rings (SSSR count). The molecule has 0 bridgehead atoms. The van der Waals surface area contributed by atoms with Crippen molar-refractivity contribution < 1.29 is 19.4 Å². The number of benzene rings is 1. The van der Waals surface area contributed by atoms with Gasteiger partial charge in [0.1, 0.15) is 0 Å². The van der Waals surface area contributed by atoms with Crippen LogP contribution in [0.3, 0.4) is 0 Å². The van der Waals surface area contributed by atoms with Crippen LogP contribution in [0.4, 0.5) is 0 Å². The number of carboxylic acid groups (broad SMARTS) is 1. The first-order chi connectivity index (χ1) is 12.6. The van der Waals surface area contributed by atoms with E-state index in [4.69, 9.17) is 9.84 Å². The van der Waals surface area contributed by atoms with Crippen molar-refractivity contribution in [3.63, 3.8) is 0 Å². The second-order valence-corrected chi connectivity index (χ2v) is 6.55. The smallest absolute Gasteiger partial charge is 0.306 e. The molecule has 1 aliphatic carbocycles. The van der Waals surface area contributed by atoms with Crippen LogP contribution in [-0.4, -0.2) is 39.9 Å². The Morgan fingerprint density at radius 1 is 1.23 bits per heavy atom. The van der Waals surface area contributed by atoms with E-state index in [1.54, 1.807) is 18.0 Å². The summed E-state index contributed by atoms with van der Waals surface area (Å²) in [6.45, 7) is 0.267. The molecule has 1 fully saturated rings. The number of nitrogens with zero attached hydrogens (tertiary/aromatic N) is 2. The van der Waals surface area contributed by atoms with Gasteiger partial charge in [0.15, 0.2) is 0 Å². The van der Waals surface area contributed by atoms with Crippen LogP contribution >= 0.6 is 0 Å². The molecule has 138 valence electrons. The fourth-order valence-corrected chi connectivity index (χ4v) is 3.38. The zero-order chi connectivity index (χ0) is 18.5. The molecule has 0 aliphatic heterocycles. The van der Waals surface area contributed by atoms with Gasteiger partial charge in [-0.2, -0.15) is 5.10 Å². The minimum atomic E-state index is -0.749. The van der Waals surface area contributed by atoms with Gasteiger partial charge in [-0.3, -0.25) is 9.59 Å². The van der Waals surface area contributed by atoms with Crippen LogP contribution in [0.5, 0.6) is 0 Å². The highest BCUT2D eigenvalue weighted by Crippen LogP contribution is 2.25. The highest BCUT2D eigenvalue weighted by molar-refractivity contribution is 5.95. The molecular weight excluding hydrogens is 334 g/mol. The number of aliphatic carboxylic acids is 1. The molecule has 1 amide bonds. The van der Waals surface area contributed by atoms with Crippen LogP contribution in [0, 0.1) is 5.92 Å². The molecule has 1 heterocycles. The van der Waals surface area contributed by atoms with E-state index in [0.717, 1.165) is 5.69 Å². The van der Waals surface area contributed by atoms with Gasteiger partial charge in [0.25, 0.3) is 5.91 Å². The minimum absolute atomic E-state index is 0.00595. The maximum absolute atomic E-state index is 12.7. The lowest BCUT2D eigenvalue weighted by Gasteiger charge is -2.26. The lowest BCUT2D eigenvalue weighted by atomic mass is 9.86. The number of ether oxygens (including phenoxy) is 1. The molecule has 7 nitrogen and oxygen atoms in total. The summed E-state index contributed by atoms with van der Waals surface area (Å²) in [5.41, 5.74) is 2.03. The molecule has 7 heteroatoms. The number of hydrogen-bond donors (Lipinski definition) is 2. The second-order valence-electron chi connectivity index (χ2n) is 6.55. The van der Waals surface area contributed by atoms with Crippen LogP contribution in [0.25, 0.3) is 5.69 Å². The van der Waals surface area contributed by atoms with Gasteiger partial charge in [-0.1, -0.05) is 18.2 Å². The number of para-hydroxylation sites is 1. The minimum Gasteiger partial charge on any atom is -0.481 e. The van der Waals surface area contributed by atoms with Crippen LogP contribution in [0.1, 0.15) is 41.7 Å². The van der Waals surface area contributed by atoms with Gasteiger partial charge in [-0.25, -0.2) is 4.68 Å². The Kier molecular flexibility index (Phi) is 5.68. The second kappa shape index (κ2) is 8.14. The van der Waals surface area contributed by atoms with Crippen molar-refractivity contribution in [2.24, 2.45) is 5.92 Å². The number of hydrogen-bond acceptors (Lipinski definition) is 4. The normalized spacial score (nSPS) is 19.9. The standard InChI is InChI=1S/C19H23N3O4/c1-26-12-17-16(11-20-22(17)15-5-3-2-4-6-15)18(23)21-14-9-7-13(8-10-14)19(24)25/h2-6,11,13-14H,7-10,12H2,1H3,(H,21,23)(H,24,25). The SMILES string of the molecule is COCc1c(C(=O)NC2CCC(C(=O)O)CC2)cnn1-c1ccccc1. The number of methoxy groups -OCH3 is 1. The van der Waals surface area contributed by atoms with Crippen LogP contribution < -0.4 is 5.32 Å². The summed E-state index contributed by atoms with van der Waals surface area (Å²) >= 11 is 0. The third-order valence-corrected chi connectivity index (χ3v) is 4.81. The average molecular weight is 357 g/mol. The van der Waals surface area contributed by atoms with Crippen molar-refractivity contribution in [1.82, 2.24) is 15.1 Å². The number of amides is 1. The predicted molar refractivity (Wildman–Crippen MR) is 95.1 cm³/mol. The Hall–Kier alpha value is -2.67. The summed E-state index contributed by atoms with van der Waals surface area (Å²) in [6.07, 6.45) is 4.09. The third kappa shape index (κ3) is 3.94. The number of carbonyl (C=O) groups excluding carboxylic acids is 1. The summed E-state index contributed by atoms with van der Waals surface area (Å²) in [5.74, 6) is -1.24. The van der Waals surface area contributed by atoms with Gasteiger partial charge < -0.3 is 15.2 Å². The largest absolute Gasteiger partial charge is 0.481 e. The highest BCUT2D eigenvalue weighted by Gasteiger charge is 2.28. The zero-order valence-electron chi connectivity index (χ0n) is 14.7. The number of rotatable bonds is 6. The van der Waals surface area contributed by atoms with Gasteiger partial charge in [0.2, 0.25) is 0 Å². The summed E-state index contributed by atoms with van der Waals surface area (Å²) in [7, 11) is 1.58. The van der Waals surface area contributed by atoms with Crippen molar-refractivity contribution >= 4 is 11.9 Å². The predicted octanol–water partition coefficient (Wildman–Crippen LogP) is 2.39. The Bertz CT molecular complexity index is 764. The molecule has 2 N–H and O–H groups in total. The Morgan fingerprint density at radius 3 is 2.54 bits per heavy atom. The fourth-order valence-electron chi connectivity index (χ4n) is 3.38. The summed E-state index contributed by atoms with van der Waals surface area (Å²) in [4.78, 5) is 23.8. The Balaban J connectivity index is 1.73. The molecular formula is C19H23N3O4. The lowest BCUT2D eigenvalue weighted by Crippen LogP contribution is -2.39. The monoisotopic (exact) mass is 357 g/mol. The van der Waals surface area contributed by atoms with E-state index in [2.05, 4.69) is 10.4 Å². The number of carboxylic acids is 1. The van der Waals surface area contributed by atoms with E-state index < -0.39 is 5.97 Å². The fraction of sp³-hybridized carbons (Fsp3) is 0.421. The molecule has 1 aliphatic rings. The number of aromatic nitrogens is 2. The highest BCUT2D eigenvalue weighted by atomic mass is 16.5. The maximum Gasteiger partial charge on any atom is 0.306 e. The first kappa shape index (κ1) is 18.1. The summed E-state index contributed by atoms with van der Waals surface area (Å²) in [6, 6.07) is 9.57. The number of nitrogens with one attached hydrogen (secondary N) is 1. The van der Waals surface area contributed by atoms with Crippen LogP contribution in [0.15, 0.2) is 36.5 Å². The van der Waals surface area contributed by atoms with Crippen molar-refractivity contribution in [3.8, 4) is 5.69 Å². The molecule has 26 heavy (non-hydrogen) atoms. The molecule has 2 aromatic rings. The summed E-state index contributed by atoms with van der Waals surface area (Å²) < 4.78 is 6.97. The third-order valence-electron chi connectivity index (χ3n) is 4.81. The van der Waals surface area contributed by atoms with Crippen LogP contribution in [-0.2, 0) is 16.1 Å². The van der Waals surface area contributed by atoms with Crippen molar-refractivity contribution in [2.75, 3.05) is 7.11 Å². The first-order valence-electron chi connectivity index (χ1n) is 8.75. The van der Waals surface area contributed by atoms with Crippen molar-refractivity contribution in [3.05, 3.63) is 47.8 Å². The average Bonchev–Trinajstić information content (AvgIpc) is 3.07. The van der Waals surface area contributed by atoms with Crippen LogP contribution in [0.2, 0.25) is 0 Å². The Morgan fingerprint density at radius 2 is 1.92 bits per heavy atom. The molecule has 0 spiro atoms. The van der Waals surface area contributed by atoms with E-state index in [0.29, 0.717) is 36.9 Å². The molecule has 0 saturated heterocycles. The topological polar surface area (TPSA) is 93.4 Å². The molecule has 1 saturated carbocycles. The van der Waals surface area contributed by atoms with Gasteiger partial charge in [0.05, 0.1) is 35.7 Å². The molecule has 0 atom stereocenters. The van der Waals surface area contributed by atoms with E-state index >= 15 is 0 Å². The molecule has 0 radical (unpaired) electrons. The zero-order valence-corrected chi connectivity index (χ0v) is 14.7. The van der Waals surface area contributed by atoms with E-state index in [1.165, 1.54) is 0 Å². The molecule has 1 aromatic carbocycles. The van der Waals surface area contributed by atoms with E-state index in [-0.39, 0.29) is 24.5 Å².